The number of imidazole rings is 1. The number of hydrogen-bond donors (Lipinski definition) is 1. The third kappa shape index (κ3) is 3.37. The molecule has 1 aromatic heterocycles. The second-order valence-corrected chi connectivity index (χ2v) is 7.49. The number of rotatable bonds is 4. The molecule has 0 bridgehead atoms. The molecule has 1 N–H and O–H groups in total. The van der Waals surface area contributed by atoms with E-state index in [9.17, 15) is 8.42 Å². The number of aromatic nitrogens is 2. The average molecular weight is 320 g/mol. The molecule has 1 aliphatic heterocycles. The van der Waals surface area contributed by atoms with E-state index in [2.05, 4.69) is 19.2 Å². The first-order valence-corrected chi connectivity index (χ1v) is 8.76. The lowest BCUT2D eigenvalue weighted by atomic mass is 10.1. The largest absolute Gasteiger partial charge is 0.333 e. The van der Waals surface area contributed by atoms with Gasteiger partial charge >= 0.3 is 0 Å². The van der Waals surface area contributed by atoms with Crippen LogP contribution >= 0.6 is 0 Å². The summed E-state index contributed by atoms with van der Waals surface area (Å²) >= 11 is 0. The molecule has 6 nitrogen and oxygen atoms in total. The Morgan fingerprint density at radius 1 is 1.27 bits per heavy atom. The van der Waals surface area contributed by atoms with Crippen LogP contribution in [0, 0.1) is 5.92 Å². The highest BCUT2D eigenvalue weighted by molar-refractivity contribution is 7.89. The summed E-state index contributed by atoms with van der Waals surface area (Å²) in [4.78, 5) is 6.82. The van der Waals surface area contributed by atoms with Gasteiger partial charge in [-0.2, -0.15) is 0 Å². The van der Waals surface area contributed by atoms with E-state index < -0.39 is 10.0 Å². The molecule has 22 heavy (non-hydrogen) atoms. The summed E-state index contributed by atoms with van der Waals surface area (Å²) in [7, 11) is -1.42. The summed E-state index contributed by atoms with van der Waals surface area (Å²) in [6, 6.07) is 8.47. The number of nitrogens with one attached hydrogen (secondary N) is 1. The van der Waals surface area contributed by atoms with Gasteiger partial charge in [-0.25, -0.2) is 18.1 Å². The Labute approximate surface area is 130 Å². The van der Waals surface area contributed by atoms with Gasteiger partial charge in [-0.3, -0.25) is 4.90 Å². The number of sulfonamides is 1. The summed E-state index contributed by atoms with van der Waals surface area (Å²) < 4.78 is 29.4. The molecular weight excluding hydrogens is 300 g/mol. The van der Waals surface area contributed by atoms with Crippen LogP contribution in [0.3, 0.4) is 0 Å². The van der Waals surface area contributed by atoms with Gasteiger partial charge in [0, 0.05) is 37.9 Å². The van der Waals surface area contributed by atoms with Gasteiger partial charge in [-0.05, 0) is 19.2 Å². The number of fused-ring (bicyclic) bond motifs is 1. The standard InChI is InChI=1S/C15H20N4O2S/c1-18-10-13(11-19-8-7-16-15(19)12-18)9-17-22(20,21)14-5-3-2-4-6-14/h2-8,13,17H,9-12H2,1H3. The second kappa shape index (κ2) is 6.20. The molecule has 0 saturated carbocycles. The van der Waals surface area contributed by atoms with E-state index in [0.717, 1.165) is 25.5 Å². The zero-order chi connectivity index (χ0) is 15.6. The highest BCUT2D eigenvalue weighted by atomic mass is 32.2. The van der Waals surface area contributed by atoms with Gasteiger partial charge in [-0.15, -0.1) is 0 Å². The molecule has 0 spiro atoms. The van der Waals surface area contributed by atoms with Crippen molar-refractivity contribution in [1.82, 2.24) is 19.2 Å². The van der Waals surface area contributed by atoms with Crippen molar-refractivity contribution in [1.29, 1.82) is 0 Å². The highest BCUT2D eigenvalue weighted by Gasteiger charge is 2.22. The minimum absolute atomic E-state index is 0.207. The van der Waals surface area contributed by atoms with Crippen LogP contribution in [0.15, 0.2) is 47.6 Å². The predicted molar refractivity (Wildman–Crippen MR) is 83.7 cm³/mol. The van der Waals surface area contributed by atoms with E-state index in [1.807, 2.05) is 13.2 Å². The van der Waals surface area contributed by atoms with Crippen LogP contribution in [0.4, 0.5) is 0 Å². The van der Waals surface area contributed by atoms with E-state index in [4.69, 9.17) is 0 Å². The molecule has 3 rings (SSSR count). The van der Waals surface area contributed by atoms with E-state index in [-0.39, 0.29) is 5.92 Å². The fraction of sp³-hybridized carbons (Fsp3) is 0.400. The van der Waals surface area contributed by atoms with Gasteiger partial charge in [0.2, 0.25) is 10.0 Å². The van der Waals surface area contributed by atoms with Crippen molar-refractivity contribution in [3.63, 3.8) is 0 Å². The Morgan fingerprint density at radius 3 is 2.82 bits per heavy atom. The number of nitrogens with zero attached hydrogens (tertiary/aromatic N) is 3. The molecule has 0 radical (unpaired) electrons. The third-order valence-electron chi connectivity index (χ3n) is 3.85. The first-order valence-electron chi connectivity index (χ1n) is 7.28. The molecule has 0 amide bonds. The van der Waals surface area contributed by atoms with E-state index >= 15 is 0 Å². The Morgan fingerprint density at radius 2 is 2.05 bits per heavy atom. The third-order valence-corrected chi connectivity index (χ3v) is 5.29. The first-order chi connectivity index (χ1) is 10.5. The molecule has 7 heteroatoms. The van der Waals surface area contributed by atoms with Gasteiger partial charge < -0.3 is 4.57 Å². The zero-order valence-corrected chi connectivity index (χ0v) is 13.3. The fourth-order valence-electron chi connectivity index (χ4n) is 2.78. The number of hydrogen-bond acceptors (Lipinski definition) is 4. The maximum Gasteiger partial charge on any atom is 0.240 e. The Kier molecular flexibility index (Phi) is 4.28. The minimum Gasteiger partial charge on any atom is -0.333 e. The fourth-order valence-corrected chi connectivity index (χ4v) is 3.92. The van der Waals surface area contributed by atoms with Crippen LogP contribution in [0.25, 0.3) is 0 Å². The lowest BCUT2D eigenvalue weighted by molar-refractivity contribution is 0.275. The lowest BCUT2D eigenvalue weighted by Gasteiger charge is -2.20. The molecule has 2 aromatic rings. The molecular formula is C15H20N4O2S. The van der Waals surface area contributed by atoms with E-state index in [0.29, 0.717) is 11.4 Å². The normalized spacial score (nSPS) is 19.6. The van der Waals surface area contributed by atoms with Crippen LogP contribution in [0.1, 0.15) is 5.82 Å². The molecule has 1 aromatic carbocycles. The highest BCUT2D eigenvalue weighted by Crippen LogP contribution is 2.14. The maximum atomic E-state index is 12.3. The smallest absolute Gasteiger partial charge is 0.240 e. The van der Waals surface area contributed by atoms with E-state index in [1.165, 1.54) is 0 Å². The zero-order valence-electron chi connectivity index (χ0n) is 12.5. The summed E-state index contributed by atoms with van der Waals surface area (Å²) in [6.07, 6.45) is 3.74. The minimum atomic E-state index is -3.45. The summed E-state index contributed by atoms with van der Waals surface area (Å²) in [5.41, 5.74) is 0. The lowest BCUT2D eigenvalue weighted by Crippen LogP contribution is -2.35. The van der Waals surface area contributed by atoms with Crippen molar-refractivity contribution in [3.05, 3.63) is 48.5 Å². The van der Waals surface area contributed by atoms with Gasteiger partial charge in [0.05, 0.1) is 11.4 Å². The van der Waals surface area contributed by atoms with Crippen LogP contribution in [-0.4, -0.2) is 43.0 Å². The molecule has 1 atom stereocenters. The molecule has 0 aliphatic carbocycles. The second-order valence-electron chi connectivity index (χ2n) is 5.72. The predicted octanol–water partition coefficient (Wildman–Crippen LogP) is 0.923. The average Bonchev–Trinajstić information content (AvgIpc) is 2.86. The van der Waals surface area contributed by atoms with Gasteiger partial charge in [0.15, 0.2) is 0 Å². The number of benzene rings is 1. The maximum absolute atomic E-state index is 12.3. The van der Waals surface area contributed by atoms with Crippen molar-refractivity contribution in [3.8, 4) is 0 Å². The quantitative estimate of drug-likeness (QED) is 0.910. The van der Waals surface area contributed by atoms with Crippen LogP contribution < -0.4 is 4.72 Å². The van der Waals surface area contributed by atoms with Crippen LogP contribution in [0.5, 0.6) is 0 Å². The SMILES string of the molecule is CN1Cc2nccn2CC(CNS(=O)(=O)c2ccccc2)C1. The molecule has 1 unspecified atom stereocenters. The van der Waals surface area contributed by atoms with Crippen LogP contribution in [0.2, 0.25) is 0 Å². The van der Waals surface area contributed by atoms with Crippen molar-refractivity contribution >= 4 is 10.0 Å². The van der Waals surface area contributed by atoms with Crippen molar-refractivity contribution < 1.29 is 8.42 Å². The molecule has 2 heterocycles. The summed E-state index contributed by atoms with van der Waals surface area (Å²) in [5, 5.41) is 0. The molecule has 0 fully saturated rings. The van der Waals surface area contributed by atoms with Gasteiger partial charge in [0.25, 0.3) is 0 Å². The van der Waals surface area contributed by atoms with Crippen molar-refractivity contribution in [2.75, 3.05) is 20.1 Å². The van der Waals surface area contributed by atoms with Gasteiger partial charge in [-0.1, -0.05) is 18.2 Å². The molecule has 0 saturated heterocycles. The van der Waals surface area contributed by atoms with Crippen molar-refractivity contribution in [2.45, 2.75) is 18.0 Å². The monoisotopic (exact) mass is 320 g/mol. The summed E-state index contributed by atoms with van der Waals surface area (Å²) in [5.74, 6) is 1.23. The Hall–Kier alpha value is -1.70. The summed E-state index contributed by atoms with van der Waals surface area (Å²) in [6.45, 7) is 2.81. The van der Waals surface area contributed by atoms with Crippen molar-refractivity contribution in [2.24, 2.45) is 5.92 Å². The van der Waals surface area contributed by atoms with E-state index in [1.54, 1.807) is 36.5 Å². The Bertz CT molecular complexity index is 727. The Balaban J connectivity index is 1.69. The van der Waals surface area contributed by atoms with Gasteiger partial charge in [0.1, 0.15) is 5.82 Å². The van der Waals surface area contributed by atoms with Crippen LogP contribution in [-0.2, 0) is 23.1 Å². The molecule has 1 aliphatic rings. The first kappa shape index (κ1) is 15.2. The topological polar surface area (TPSA) is 67.2 Å². The molecule has 118 valence electrons.